The molecule has 2 rings (SSSR count). The van der Waals surface area contributed by atoms with E-state index in [1.54, 1.807) is 6.07 Å². The van der Waals surface area contributed by atoms with Crippen molar-refractivity contribution in [3.05, 3.63) is 28.8 Å². The second kappa shape index (κ2) is 6.94. The monoisotopic (exact) mass is 290 g/mol. The second-order valence-corrected chi connectivity index (χ2v) is 5.89. The summed E-state index contributed by atoms with van der Waals surface area (Å²) in [6.07, 6.45) is 5.10. The summed E-state index contributed by atoms with van der Waals surface area (Å²) in [5.74, 6) is -0.513. The summed E-state index contributed by atoms with van der Waals surface area (Å²) in [7, 11) is 0. The minimum atomic E-state index is -0.526. The van der Waals surface area contributed by atoms with Gasteiger partial charge in [0.1, 0.15) is 5.75 Å². The average molecular weight is 290 g/mol. The minimum Gasteiger partial charge on any atom is -0.507 e. The van der Waals surface area contributed by atoms with E-state index in [1.807, 2.05) is 6.07 Å². The van der Waals surface area contributed by atoms with Crippen LogP contribution in [0.2, 0.25) is 0 Å². The standard InChI is InChI=1S/C17H26N2O2/c1-3-9-19(10-4-2)13-6-7-14-12(11-13)5-8-15(20)16(14)17(18)21/h5,8,13,20H,3-4,6-7,9-11H2,1-2H3,(H2,18,21). The van der Waals surface area contributed by atoms with E-state index in [1.165, 1.54) is 0 Å². The van der Waals surface area contributed by atoms with Gasteiger partial charge in [0.25, 0.3) is 5.91 Å². The van der Waals surface area contributed by atoms with E-state index in [4.69, 9.17) is 5.73 Å². The maximum absolute atomic E-state index is 11.6. The Morgan fingerprint density at radius 3 is 2.57 bits per heavy atom. The lowest BCUT2D eigenvalue weighted by Gasteiger charge is -2.35. The van der Waals surface area contributed by atoms with Gasteiger partial charge in [0, 0.05) is 6.04 Å². The SMILES string of the molecule is CCCN(CCC)C1CCc2c(ccc(O)c2C(N)=O)C1. The third kappa shape index (κ3) is 3.38. The van der Waals surface area contributed by atoms with E-state index < -0.39 is 5.91 Å². The first-order chi connectivity index (χ1) is 10.1. The Bertz CT molecular complexity index is 508. The normalized spacial score (nSPS) is 17.8. The molecular weight excluding hydrogens is 264 g/mol. The summed E-state index contributed by atoms with van der Waals surface area (Å²) in [4.78, 5) is 14.1. The molecule has 1 aliphatic rings. The van der Waals surface area contributed by atoms with Crippen molar-refractivity contribution < 1.29 is 9.90 Å². The quantitative estimate of drug-likeness (QED) is 0.846. The number of benzene rings is 1. The summed E-state index contributed by atoms with van der Waals surface area (Å²) < 4.78 is 0. The van der Waals surface area contributed by atoms with Crippen molar-refractivity contribution in [2.45, 2.75) is 52.0 Å². The van der Waals surface area contributed by atoms with E-state index in [9.17, 15) is 9.90 Å². The smallest absolute Gasteiger partial charge is 0.252 e. The number of nitrogens with zero attached hydrogens (tertiary/aromatic N) is 1. The molecule has 116 valence electrons. The van der Waals surface area contributed by atoms with E-state index in [2.05, 4.69) is 18.7 Å². The Morgan fingerprint density at radius 1 is 1.33 bits per heavy atom. The van der Waals surface area contributed by atoms with Crippen molar-refractivity contribution in [2.24, 2.45) is 5.73 Å². The van der Waals surface area contributed by atoms with Gasteiger partial charge in [0.2, 0.25) is 0 Å². The van der Waals surface area contributed by atoms with Gasteiger partial charge in [0.15, 0.2) is 0 Å². The molecule has 21 heavy (non-hydrogen) atoms. The van der Waals surface area contributed by atoms with Gasteiger partial charge in [0.05, 0.1) is 5.56 Å². The topological polar surface area (TPSA) is 66.6 Å². The lowest BCUT2D eigenvalue weighted by Crippen LogP contribution is -2.40. The van der Waals surface area contributed by atoms with Crippen LogP contribution < -0.4 is 5.73 Å². The van der Waals surface area contributed by atoms with Crippen LogP contribution in [0.25, 0.3) is 0 Å². The fourth-order valence-corrected chi connectivity index (χ4v) is 3.46. The minimum absolute atomic E-state index is 0.0127. The zero-order valence-corrected chi connectivity index (χ0v) is 13.1. The third-order valence-electron chi connectivity index (χ3n) is 4.36. The molecule has 0 saturated carbocycles. The number of carbonyl (C=O) groups is 1. The number of aromatic hydroxyl groups is 1. The molecule has 0 aliphatic heterocycles. The zero-order chi connectivity index (χ0) is 15.4. The molecular formula is C17H26N2O2. The van der Waals surface area contributed by atoms with Crippen LogP contribution in [-0.4, -0.2) is 35.0 Å². The second-order valence-electron chi connectivity index (χ2n) is 5.89. The number of nitrogens with two attached hydrogens (primary N) is 1. The van der Waals surface area contributed by atoms with Crippen molar-refractivity contribution in [1.82, 2.24) is 4.90 Å². The predicted octanol–water partition coefficient (Wildman–Crippen LogP) is 2.47. The molecule has 3 N–H and O–H groups in total. The Hall–Kier alpha value is -1.55. The van der Waals surface area contributed by atoms with Gasteiger partial charge in [-0.3, -0.25) is 4.79 Å². The number of primary amides is 1. The van der Waals surface area contributed by atoms with Crippen LogP contribution in [0.5, 0.6) is 5.75 Å². The summed E-state index contributed by atoms with van der Waals surface area (Å²) in [5.41, 5.74) is 7.85. The molecule has 1 atom stereocenters. The molecule has 0 fully saturated rings. The highest BCUT2D eigenvalue weighted by Gasteiger charge is 2.27. The number of hydrogen-bond acceptors (Lipinski definition) is 3. The van der Waals surface area contributed by atoms with Crippen molar-refractivity contribution in [3.8, 4) is 5.75 Å². The van der Waals surface area contributed by atoms with Crippen molar-refractivity contribution in [1.29, 1.82) is 0 Å². The summed E-state index contributed by atoms with van der Waals surface area (Å²) >= 11 is 0. The molecule has 1 amide bonds. The molecule has 0 aromatic heterocycles. The average Bonchev–Trinajstić information content (AvgIpc) is 2.46. The molecule has 0 saturated heterocycles. The number of fused-ring (bicyclic) bond motifs is 1. The van der Waals surface area contributed by atoms with Crippen molar-refractivity contribution in [3.63, 3.8) is 0 Å². The van der Waals surface area contributed by atoms with E-state index in [-0.39, 0.29) is 5.75 Å². The van der Waals surface area contributed by atoms with Gasteiger partial charge < -0.3 is 15.7 Å². The van der Waals surface area contributed by atoms with E-state index in [0.717, 1.165) is 56.3 Å². The van der Waals surface area contributed by atoms with Crippen molar-refractivity contribution in [2.75, 3.05) is 13.1 Å². The summed E-state index contributed by atoms with van der Waals surface area (Å²) in [5, 5.41) is 9.87. The van der Waals surface area contributed by atoms with Crippen LogP contribution in [0.15, 0.2) is 12.1 Å². The van der Waals surface area contributed by atoms with Crippen molar-refractivity contribution >= 4 is 5.91 Å². The Morgan fingerprint density at radius 2 is 2.00 bits per heavy atom. The Labute approximate surface area is 126 Å². The fourth-order valence-electron chi connectivity index (χ4n) is 3.46. The van der Waals surface area contributed by atoms with Crippen LogP contribution in [0, 0.1) is 0 Å². The maximum Gasteiger partial charge on any atom is 0.252 e. The molecule has 0 radical (unpaired) electrons. The molecule has 1 aromatic rings. The third-order valence-corrected chi connectivity index (χ3v) is 4.36. The fraction of sp³-hybridized carbons (Fsp3) is 0.588. The molecule has 0 bridgehead atoms. The molecule has 0 heterocycles. The van der Waals surface area contributed by atoms with Gasteiger partial charge in [-0.15, -0.1) is 0 Å². The van der Waals surface area contributed by atoms with Gasteiger partial charge in [-0.25, -0.2) is 0 Å². The first kappa shape index (κ1) is 15.8. The molecule has 1 aromatic carbocycles. The molecule has 1 aliphatic carbocycles. The van der Waals surface area contributed by atoms with Crippen LogP contribution in [0.4, 0.5) is 0 Å². The number of hydrogen-bond donors (Lipinski definition) is 2. The first-order valence-corrected chi connectivity index (χ1v) is 7.96. The zero-order valence-electron chi connectivity index (χ0n) is 13.1. The van der Waals surface area contributed by atoms with E-state index in [0.29, 0.717) is 11.6 Å². The molecule has 4 nitrogen and oxygen atoms in total. The van der Waals surface area contributed by atoms with E-state index >= 15 is 0 Å². The highest BCUT2D eigenvalue weighted by Crippen LogP contribution is 2.32. The number of rotatable bonds is 6. The largest absolute Gasteiger partial charge is 0.507 e. The lowest BCUT2D eigenvalue weighted by molar-refractivity contribution is 0.0995. The number of phenols is 1. The number of amides is 1. The van der Waals surface area contributed by atoms with Crippen LogP contribution in [0.1, 0.15) is 54.6 Å². The molecule has 0 spiro atoms. The summed E-state index contributed by atoms with van der Waals surface area (Å²) in [6.45, 7) is 6.66. The van der Waals surface area contributed by atoms with Gasteiger partial charge in [-0.1, -0.05) is 19.9 Å². The van der Waals surface area contributed by atoms with Gasteiger partial charge in [-0.05, 0) is 62.4 Å². The lowest BCUT2D eigenvalue weighted by atomic mass is 9.84. The maximum atomic E-state index is 11.6. The summed E-state index contributed by atoms with van der Waals surface area (Å²) in [6, 6.07) is 4.08. The van der Waals surface area contributed by atoms with Gasteiger partial charge >= 0.3 is 0 Å². The Balaban J connectivity index is 2.24. The molecule has 1 unspecified atom stereocenters. The predicted molar refractivity (Wildman–Crippen MR) is 84.6 cm³/mol. The Kier molecular flexibility index (Phi) is 5.23. The van der Waals surface area contributed by atoms with Gasteiger partial charge in [-0.2, -0.15) is 0 Å². The van der Waals surface area contributed by atoms with Crippen LogP contribution in [0.3, 0.4) is 0 Å². The first-order valence-electron chi connectivity index (χ1n) is 7.96. The highest BCUT2D eigenvalue weighted by molar-refractivity contribution is 5.97. The van der Waals surface area contributed by atoms with Crippen LogP contribution >= 0.6 is 0 Å². The number of carbonyl (C=O) groups excluding carboxylic acids is 1. The molecule has 4 heteroatoms. The highest BCUT2D eigenvalue weighted by atomic mass is 16.3. The van der Waals surface area contributed by atoms with Crippen LogP contribution in [-0.2, 0) is 12.8 Å².